The summed E-state index contributed by atoms with van der Waals surface area (Å²) in [6.07, 6.45) is -2.01. The Morgan fingerprint density at radius 2 is 1.26 bits per heavy atom. The van der Waals surface area contributed by atoms with Crippen LogP contribution in [0.4, 0.5) is 0 Å². The molecule has 1 saturated heterocycles. The Morgan fingerprint density at radius 1 is 0.821 bits per heavy atom. The lowest BCUT2D eigenvalue weighted by atomic mass is 9.80. The van der Waals surface area contributed by atoms with E-state index in [1.165, 1.54) is 0 Å². The zero-order chi connectivity index (χ0) is 28.1. The van der Waals surface area contributed by atoms with E-state index in [1.54, 1.807) is 13.8 Å². The minimum atomic E-state index is -1.69. The summed E-state index contributed by atoms with van der Waals surface area (Å²) >= 11 is 3.30. The summed E-state index contributed by atoms with van der Waals surface area (Å²) in [5.74, 6) is -1.42. The second-order valence-electron chi connectivity index (χ2n) is 9.20. The van der Waals surface area contributed by atoms with Crippen LogP contribution < -0.4 is 0 Å². The fraction of sp³-hybridized carbons (Fsp3) is 0.467. The van der Waals surface area contributed by atoms with Crippen molar-refractivity contribution in [3.8, 4) is 0 Å². The van der Waals surface area contributed by atoms with E-state index in [0.717, 1.165) is 11.1 Å². The van der Waals surface area contributed by atoms with Gasteiger partial charge in [-0.2, -0.15) is 0 Å². The predicted octanol–water partition coefficient (Wildman–Crippen LogP) is 5.33. The first-order chi connectivity index (χ1) is 18.9. The summed E-state index contributed by atoms with van der Waals surface area (Å²) in [6, 6.07) is 19.6. The van der Waals surface area contributed by atoms with Crippen LogP contribution >= 0.6 is 15.9 Å². The summed E-state index contributed by atoms with van der Waals surface area (Å²) in [5.41, 5.74) is 0.376. The number of esters is 2. The van der Waals surface area contributed by atoms with E-state index in [1.807, 2.05) is 60.7 Å². The molecule has 0 radical (unpaired) electrons. The first kappa shape index (κ1) is 31.0. The molecule has 0 spiro atoms. The molecule has 1 aliphatic heterocycles. The van der Waals surface area contributed by atoms with Crippen LogP contribution in [0.25, 0.3) is 0 Å². The van der Waals surface area contributed by atoms with Gasteiger partial charge in [0.2, 0.25) is 0 Å². The number of carbonyl (C=O) groups excluding carboxylic acids is 2. The predicted molar refractivity (Wildman–Crippen MR) is 149 cm³/mol. The van der Waals surface area contributed by atoms with Gasteiger partial charge in [0.05, 0.1) is 39.6 Å². The van der Waals surface area contributed by atoms with Crippen LogP contribution in [-0.2, 0) is 51.2 Å². The molecule has 1 fully saturated rings. The van der Waals surface area contributed by atoms with E-state index in [2.05, 4.69) is 22.5 Å². The van der Waals surface area contributed by atoms with Crippen LogP contribution in [0.2, 0.25) is 0 Å². The summed E-state index contributed by atoms with van der Waals surface area (Å²) in [7, 11) is 0. The van der Waals surface area contributed by atoms with Gasteiger partial charge in [-0.05, 0) is 29.5 Å². The van der Waals surface area contributed by atoms with Gasteiger partial charge in [0.1, 0.15) is 12.2 Å². The molecule has 0 N–H and O–H groups in total. The Bertz CT molecular complexity index is 974. The molecule has 2 atom stereocenters. The van der Waals surface area contributed by atoms with Crippen molar-refractivity contribution < 1.29 is 38.0 Å². The monoisotopic (exact) mass is 604 g/mol. The SMILES string of the molecule is C=C(Br)CC(CC1O[C@@H](COCc2ccccc2)[C@H](COCc2ccccc2)O1)(C(=O)OCC)C(=O)OCC. The van der Waals surface area contributed by atoms with Crippen LogP contribution in [0.3, 0.4) is 0 Å². The molecule has 2 aromatic carbocycles. The number of halogens is 1. The van der Waals surface area contributed by atoms with Crippen LogP contribution in [0.5, 0.6) is 0 Å². The molecule has 1 aliphatic rings. The van der Waals surface area contributed by atoms with E-state index in [4.69, 9.17) is 28.4 Å². The lowest BCUT2D eigenvalue weighted by molar-refractivity contribution is -0.181. The molecule has 1 heterocycles. The van der Waals surface area contributed by atoms with Crippen LogP contribution in [0.15, 0.2) is 71.7 Å². The largest absolute Gasteiger partial charge is 0.465 e. The number of benzene rings is 2. The highest BCUT2D eigenvalue weighted by molar-refractivity contribution is 9.11. The third kappa shape index (κ3) is 9.25. The van der Waals surface area contributed by atoms with Crippen LogP contribution in [-0.4, -0.2) is 56.9 Å². The zero-order valence-electron chi connectivity index (χ0n) is 22.5. The van der Waals surface area contributed by atoms with Crippen molar-refractivity contribution >= 4 is 27.9 Å². The minimum absolute atomic E-state index is 0.0295. The average molecular weight is 606 g/mol. The van der Waals surface area contributed by atoms with Gasteiger partial charge < -0.3 is 28.4 Å². The highest BCUT2D eigenvalue weighted by Crippen LogP contribution is 2.39. The summed E-state index contributed by atoms with van der Waals surface area (Å²) in [4.78, 5) is 26.4. The van der Waals surface area contributed by atoms with E-state index < -0.39 is 35.9 Å². The van der Waals surface area contributed by atoms with Crippen molar-refractivity contribution in [1.82, 2.24) is 0 Å². The number of carbonyl (C=O) groups is 2. The Balaban J connectivity index is 1.74. The van der Waals surface area contributed by atoms with Gasteiger partial charge in [0.15, 0.2) is 11.7 Å². The maximum absolute atomic E-state index is 13.2. The first-order valence-electron chi connectivity index (χ1n) is 13.1. The van der Waals surface area contributed by atoms with E-state index in [0.29, 0.717) is 17.7 Å². The molecule has 0 aromatic heterocycles. The smallest absolute Gasteiger partial charge is 0.324 e. The minimum Gasteiger partial charge on any atom is -0.465 e. The maximum atomic E-state index is 13.2. The third-order valence-electron chi connectivity index (χ3n) is 6.20. The van der Waals surface area contributed by atoms with Crippen molar-refractivity contribution in [2.75, 3.05) is 26.4 Å². The molecule has 8 nitrogen and oxygen atoms in total. The second kappa shape index (κ2) is 15.9. The normalized spacial score (nSPS) is 17.6. The molecule has 3 rings (SSSR count). The Morgan fingerprint density at radius 3 is 1.64 bits per heavy atom. The van der Waals surface area contributed by atoms with Crippen molar-refractivity contribution in [3.63, 3.8) is 0 Å². The number of hydrogen-bond donors (Lipinski definition) is 0. The number of allylic oxidation sites excluding steroid dienone is 1. The fourth-order valence-corrected chi connectivity index (χ4v) is 4.82. The van der Waals surface area contributed by atoms with Crippen molar-refractivity contribution in [2.45, 2.75) is 58.4 Å². The number of ether oxygens (including phenoxy) is 6. The lowest BCUT2D eigenvalue weighted by Gasteiger charge is -2.30. The van der Waals surface area contributed by atoms with Crippen molar-refractivity contribution in [1.29, 1.82) is 0 Å². The van der Waals surface area contributed by atoms with Gasteiger partial charge in [-0.3, -0.25) is 9.59 Å². The summed E-state index contributed by atoms with van der Waals surface area (Å²) in [6.45, 7) is 8.70. The highest BCUT2D eigenvalue weighted by atomic mass is 79.9. The second-order valence-corrected chi connectivity index (χ2v) is 10.3. The summed E-state index contributed by atoms with van der Waals surface area (Å²) < 4.78 is 35.4. The van der Waals surface area contributed by atoms with Gasteiger partial charge in [-0.15, -0.1) is 0 Å². The van der Waals surface area contributed by atoms with Crippen molar-refractivity contribution in [3.05, 3.63) is 82.9 Å². The van der Waals surface area contributed by atoms with Crippen LogP contribution in [0.1, 0.15) is 37.8 Å². The molecule has 2 aromatic rings. The third-order valence-corrected chi connectivity index (χ3v) is 6.48. The Hall–Kier alpha value is -2.56. The molecule has 39 heavy (non-hydrogen) atoms. The molecule has 0 amide bonds. The molecular formula is C30H37BrO8. The van der Waals surface area contributed by atoms with Gasteiger partial charge in [-0.25, -0.2) is 0 Å². The van der Waals surface area contributed by atoms with Gasteiger partial charge >= 0.3 is 11.9 Å². The average Bonchev–Trinajstić information content (AvgIpc) is 3.30. The van der Waals surface area contributed by atoms with Crippen LogP contribution in [0, 0.1) is 5.41 Å². The van der Waals surface area contributed by atoms with Gasteiger partial charge in [0, 0.05) is 12.8 Å². The molecule has 0 saturated carbocycles. The maximum Gasteiger partial charge on any atom is 0.324 e. The molecule has 212 valence electrons. The highest BCUT2D eigenvalue weighted by Gasteiger charge is 2.53. The zero-order valence-corrected chi connectivity index (χ0v) is 24.1. The topological polar surface area (TPSA) is 89.5 Å². The molecule has 0 aliphatic carbocycles. The summed E-state index contributed by atoms with van der Waals surface area (Å²) in [5, 5.41) is 0. The molecule has 0 bridgehead atoms. The van der Waals surface area contributed by atoms with Gasteiger partial charge in [-0.1, -0.05) is 83.2 Å². The molecular weight excluding hydrogens is 568 g/mol. The van der Waals surface area contributed by atoms with Crippen molar-refractivity contribution in [2.24, 2.45) is 5.41 Å². The van der Waals surface area contributed by atoms with E-state index >= 15 is 0 Å². The Labute approximate surface area is 238 Å². The number of rotatable bonds is 16. The standard InChI is InChI=1S/C30H37BrO8/c1-4-36-28(32)30(16-22(3)31,29(33)37-5-2)17-27-38-25(20-34-18-23-12-8-6-9-13-23)26(39-27)21-35-19-24-14-10-7-11-15-24/h6-15,25-27H,3-5,16-21H2,1-2H3/t25-,26-/m0/s1. The van der Waals surface area contributed by atoms with E-state index in [9.17, 15) is 9.59 Å². The fourth-order valence-electron chi connectivity index (χ4n) is 4.34. The first-order valence-corrected chi connectivity index (χ1v) is 13.9. The molecule has 0 unspecified atom stereocenters. The quantitative estimate of drug-likeness (QED) is 0.188. The lowest BCUT2D eigenvalue weighted by Crippen LogP contribution is -2.45. The van der Waals surface area contributed by atoms with Gasteiger partial charge in [0.25, 0.3) is 0 Å². The number of hydrogen-bond acceptors (Lipinski definition) is 8. The van der Waals surface area contributed by atoms with E-state index in [-0.39, 0.29) is 39.3 Å². The molecule has 9 heteroatoms. The Kier molecular flexibility index (Phi) is 12.6.